The van der Waals surface area contributed by atoms with Crippen molar-refractivity contribution in [3.8, 4) is 0 Å². The van der Waals surface area contributed by atoms with E-state index in [1.165, 1.54) is 0 Å². The normalized spacial score (nSPS) is 9.56. The summed E-state index contributed by atoms with van der Waals surface area (Å²) in [4.78, 5) is 7.85. The molecule has 0 amide bonds. The van der Waals surface area contributed by atoms with Gasteiger partial charge in [-0.2, -0.15) is 0 Å². The van der Waals surface area contributed by atoms with Crippen LogP contribution in [0.25, 0.3) is 0 Å². The molecule has 0 atom stereocenters. The first-order valence-corrected chi connectivity index (χ1v) is 3.24. The van der Waals surface area contributed by atoms with Gasteiger partial charge in [-0.1, -0.05) is 0 Å². The molecule has 9 heavy (non-hydrogen) atoms. The zero-order valence-corrected chi connectivity index (χ0v) is 6.51. The van der Waals surface area contributed by atoms with Crippen LogP contribution in [-0.4, -0.2) is 9.97 Å². The summed E-state index contributed by atoms with van der Waals surface area (Å²) in [6.07, 6.45) is 1.57. The Morgan fingerprint density at radius 2 is 2.33 bits per heavy atom. The number of aryl methyl sites for hydroxylation is 1. The SMILES string of the molecule is Cc1nc(Br)cnc1N. The van der Waals surface area contributed by atoms with Gasteiger partial charge < -0.3 is 5.73 Å². The molecule has 0 radical (unpaired) electrons. The second-order valence-corrected chi connectivity index (χ2v) is 2.48. The van der Waals surface area contributed by atoms with Crippen LogP contribution in [0.2, 0.25) is 0 Å². The molecule has 0 aliphatic heterocycles. The standard InChI is InChI=1S/C5H6BrN3/c1-3-5(7)8-2-4(6)9-3/h2H,1H3,(H2,7,8). The zero-order chi connectivity index (χ0) is 6.85. The molecule has 0 spiro atoms. The molecule has 0 saturated heterocycles. The topological polar surface area (TPSA) is 51.8 Å². The Morgan fingerprint density at radius 3 is 2.78 bits per heavy atom. The van der Waals surface area contributed by atoms with Crippen molar-refractivity contribution in [1.82, 2.24) is 9.97 Å². The van der Waals surface area contributed by atoms with Crippen molar-refractivity contribution < 1.29 is 0 Å². The van der Waals surface area contributed by atoms with Gasteiger partial charge >= 0.3 is 0 Å². The second-order valence-electron chi connectivity index (χ2n) is 1.66. The molecule has 3 nitrogen and oxygen atoms in total. The minimum atomic E-state index is 0.484. The number of hydrogen-bond acceptors (Lipinski definition) is 3. The van der Waals surface area contributed by atoms with Crippen molar-refractivity contribution in [3.05, 3.63) is 16.5 Å². The lowest BCUT2D eigenvalue weighted by molar-refractivity contribution is 1.10. The summed E-state index contributed by atoms with van der Waals surface area (Å²) in [7, 11) is 0. The van der Waals surface area contributed by atoms with E-state index in [4.69, 9.17) is 5.73 Å². The number of aromatic nitrogens is 2. The fourth-order valence-electron chi connectivity index (χ4n) is 0.463. The fourth-order valence-corrected chi connectivity index (χ4v) is 0.831. The van der Waals surface area contributed by atoms with E-state index in [-0.39, 0.29) is 0 Å². The van der Waals surface area contributed by atoms with E-state index in [2.05, 4.69) is 25.9 Å². The van der Waals surface area contributed by atoms with Crippen molar-refractivity contribution >= 4 is 21.7 Å². The number of nitrogens with zero attached hydrogens (tertiary/aromatic N) is 2. The molecule has 0 aliphatic carbocycles. The highest BCUT2D eigenvalue weighted by Crippen LogP contribution is 2.07. The van der Waals surface area contributed by atoms with E-state index in [0.29, 0.717) is 10.4 Å². The van der Waals surface area contributed by atoms with Crippen LogP contribution in [0.15, 0.2) is 10.8 Å². The average molecular weight is 188 g/mol. The Kier molecular flexibility index (Phi) is 1.66. The molecule has 1 aromatic heterocycles. The van der Waals surface area contributed by atoms with E-state index in [9.17, 15) is 0 Å². The largest absolute Gasteiger partial charge is 0.382 e. The summed E-state index contributed by atoms with van der Waals surface area (Å²) in [5.74, 6) is 0.484. The van der Waals surface area contributed by atoms with Crippen molar-refractivity contribution in [2.75, 3.05) is 5.73 Å². The highest BCUT2D eigenvalue weighted by atomic mass is 79.9. The van der Waals surface area contributed by atoms with Gasteiger partial charge in [0.25, 0.3) is 0 Å². The van der Waals surface area contributed by atoms with Gasteiger partial charge in [0.1, 0.15) is 10.4 Å². The Morgan fingerprint density at radius 1 is 1.67 bits per heavy atom. The van der Waals surface area contributed by atoms with Gasteiger partial charge in [-0.3, -0.25) is 0 Å². The van der Waals surface area contributed by atoms with Gasteiger partial charge in [-0.25, -0.2) is 9.97 Å². The molecule has 2 N–H and O–H groups in total. The summed E-state index contributed by atoms with van der Waals surface area (Å²) in [6.45, 7) is 1.81. The third-order valence-electron chi connectivity index (χ3n) is 0.955. The fraction of sp³-hybridized carbons (Fsp3) is 0.200. The molecule has 0 fully saturated rings. The predicted octanol–water partition coefficient (Wildman–Crippen LogP) is 1.13. The summed E-state index contributed by atoms with van der Waals surface area (Å²) in [6, 6.07) is 0. The van der Waals surface area contributed by atoms with E-state index in [1.54, 1.807) is 6.20 Å². The van der Waals surface area contributed by atoms with Gasteiger partial charge in [0.05, 0.1) is 11.9 Å². The van der Waals surface area contributed by atoms with Gasteiger partial charge in [0.2, 0.25) is 0 Å². The molecule has 4 heteroatoms. The first-order chi connectivity index (χ1) is 4.20. The lowest BCUT2D eigenvalue weighted by Gasteiger charge is -1.95. The lowest BCUT2D eigenvalue weighted by atomic mass is 10.5. The maximum Gasteiger partial charge on any atom is 0.144 e. The quantitative estimate of drug-likeness (QED) is 0.663. The maximum absolute atomic E-state index is 5.39. The van der Waals surface area contributed by atoms with Crippen LogP contribution < -0.4 is 5.73 Å². The molecular formula is C5H6BrN3. The first-order valence-electron chi connectivity index (χ1n) is 2.45. The van der Waals surface area contributed by atoms with Crippen LogP contribution in [0.3, 0.4) is 0 Å². The molecule has 1 aromatic rings. The van der Waals surface area contributed by atoms with Crippen LogP contribution in [0.5, 0.6) is 0 Å². The maximum atomic E-state index is 5.39. The molecular weight excluding hydrogens is 182 g/mol. The number of nitrogen functional groups attached to an aromatic ring is 1. The monoisotopic (exact) mass is 187 g/mol. The molecule has 0 aliphatic rings. The molecule has 1 heterocycles. The molecule has 1 rings (SSSR count). The highest BCUT2D eigenvalue weighted by Gasteiger charge is 1.94. The van der Waals surface area contributed by atoms with Crippen LogP contribution in [0.4, 0.5) is 5.82 Å². The number of rotatable bonds is 0. The number of halogens is 1. The molecule has 0 aromatic carbocycles. The number of nitrogens with two attached hydrogens (primary N) is 1. The van der Waals surface area contributed by atoms with Gasteiger partial charge in [-0.05, 0) is 22.9 Å². The molecule has 48 valence electrons. The average Bonchev–Trinajstić information content (AvgIpc) is 1.80. The summed E-state index contributed by atoms with van der Waals surface area (Å²) < 4.78 is 0.717. The van der Waals surface area contributed by atoms with Crippen LogP contribution in [0.1, 0.15) is 5.69 Å². The smallest absolute Gasteiger partial charge is 0.144 e. The van der Waals surface area contributed by atoms with E-state index in [0.717, 1.165) is 5.69 Å². The Bertz CT molecular complexity index is 223. The van der Waals surface area contributed by atoms with Crippen LogP contribution in [-0.2, 0) is 0 Å². The molecule has 0 unspecified atom stereocenters. The van der Waals surface area contributed by atoms with E-state index < -0.39 is 0 Å². The van der Waals surface area contributed by atoms with Crippen LogP contribution >= 0.6 is 15.9 Å². The minimum Gasteiger partial charge on any atom is -0.382 e. The van der Waals surface area contributed by atoms with Crippen LogP contribution in [0, 0.1) is 6.92 Å². The Balaban J connectivity index is 3.17. The summed E-state index contributed by atoms with van der Waals surface area (Å²) in [5.41, 5.74) is 6.15. The number of anilines is 1. The number of hydrogen-bond donors (Lipinski definition) is 1. The van der Waals surface area contributed by atoms with E-state index in [1.807, 2.05) is 6.92 Å². The second kappa shape index (κ2) is 2.31. The summed E-state index contributed by atoms with van der Waals surface area (Å²) >= 11 is 3.17. The van der Waals surface area contributed by atoms with Crippen molar-refractivity contribution in [2.45, 2.75) is 6.92 Å². The molecule has 0 bridgehead atoms. The first kappa shape index (κ1) is 6.48. The van der Waals surface area contributed by atoms with Gasteiger partial charge in [0, 0.05) is 0 Å². The van der Waals surface area contributed by atoms with Crippen molar-refractivity contribution in [1.29, 1.82) is 0 Å². The van der Waals surface area contributed by atoms with Gasteiger partial charge in [0.15, 0.2) is 0 Å². The minimum absolute atomic E-state index is 0.484. The predicted molar refractivity (Wildman–Crippen MR) is 38.9 cm³/mol. The molecule has 0 saturated carbocycles. The zero-order valence-electron chi connectivity index (χ0n) is 4.93. The van der Waals surface area contributed by atoms with Gasteiger partial charge in [-0.15, -0.1) is 0 Å². The highest BCUT2D eigenvalue weighted by molar-refractivity contribution is 9.10. The Hall–Kier alpha value is -0.640. The third kappa shape index (κ3) is 1.38. The van der Waals surface area contributed by atoms with Crippen molar-refractivity contribution in [3.63, 3.8) is 0 Å². The summed E-state index contributed by atoms with van der Waals surface area (Å²) in [5, 5.41) is 0. The Labute approximate surface area is 61.4 Å². The lowest BCUT2D eigenvalue weighted by Crippen LogP contribution is -1.95. The third-order valence-corrected chi connectivity index (χ3v) is 1.34. The van der Waals surface area contributed by atoms with E-state index >= 15 is 0 Å². The van der Waals surface area contributed by atoms with Crippen molar-refractivity contribution in [2.24, 2.45) is 0 Å².